The van der Waals surface area contributed by atoms with Crippen molar-refractivity contribution in [1.29, 1.82) is 0 Å². The normalized spacial score (nSPS) is 19.5. The molecule has 0 aromatic heterocycles. The first-order valence-electron chi connectivity index (χ1n) is 8.21. The van der Waals surface area contributed by atoms with Gasteiger partial charge in [0.15, 0.2) is 0 Å². The lowest BCUT2D eigenvalue weighted by molar-refractivity contribution is -0.0393. The first kappa shape index (κ1) is 15.5. The van der Waals surface area contributed by atoms with Crippen LogP contribution in [0.5, 0.6) is 0 Å². The molecule has 4 rings (SSSR count). The zero-order chi connectivity index (χ0) is 16.6. The number of likely N-dealkylation sites (tertiary alicyclic amines) is 1. The Morgan fingerprint density at radius 2 is 1.88 bits per heavy atom. The molecule has 0 aliphatic carbocycles. The molecule has 0 atom stereocenters. The minimum Gasteiger partial charge on any atom is -0.438 e. The Morgan fingerprint density at radius 1 is 1.12 bits per heavy atom. The molecule has 4 nitrogen and oxygen atoms in total. The number of amides is 1. The van der Waals surface area contributed by atoms with E-state index in [1.165, 1.54) is 5.56 Å². The summed E-state index contributed by atoms with van der Waals surface area (Å²) in [5.41, 5.74) is 2.55. The van der Waals surface area contributed by atoms with Crippen LogP contribution in [0.2, 0.25) is 5.02 Å². The number of carbonyl (C=O) groups is 1. The van der Waals surface area contributed by atoms with Crippen LogP contribution in [0.15, 0.2) is 48.5 Å². The van der Waals surface area contributed by atoms with Crippen LogP contribution in [0.1, 0.15) is 24.0 Å². The van der Waals surface area contributed by atoms with Crippen LogP contribution in [0.4, 0.5) is 10.5 Å². The monoisotopic (exact) mass is 342 g/mol. The van der Waals surface area contributed by atoms with Crippen molar-refractivity contribution in [3.8, 4) is 0 Å². The van der Waals surface area contributed by atoms with Crippen LogP contribution >= 0.6 is 11.6 Å². The largest absolute Gasteiger partial charge is 0.438 e. The number of anilines is 1. The maximum Gasteiger partial charge on any atom is 0.412 e. The smallest absolute Gasteiger partial charge is 0.412 e. The minimum atomic E-state index is -0.560. The zero-order valence-corrected chi connectivity index (χ0v) is 14.1. The van der Waals surface area contributed by atoms with E-state index in [0.717, 1.165) is 43.7 Å². The van der Waals surface area contributed by atoms with E-state index in [1.54, 1.807) is 6.07 Å². The second kappa shape index (κ2) is 6.11. The fourth-order valence-corrected chi connectivity index (χ4v) is 3.83. The molecular weight excluding hydrogens is 324 g/mol. The van der Waals surface area contributed by atoms with E-state index in [9.17, 15) is 4.79 Å². The van der Waals surface area contributed by atoms with Gasteiger partial charge in [-0.1, -0.05) is 41.9 Å². The highest BCUT2D eigenvalue weighted by atomic mass is 35.5. The SMILES string of the molecule is O=C1Nc2ccc(Cl)cc2C2(CCN(Cc3ccccc3)CC2)O1. The van der Waals surface area contributed by atoms with Crippen molar-refractivity contribution in [3.63, 3.8) is 0 Å². The van der Waals surface area contributed by atoms with Crippen LogP contribution in [0, 0.1) is 0 Å². The third-order valence-corrected chi connectivity index (χ3v) is 5.15. The molecular formula is C19H19ClN2O2. The summed E-state index contributed by atoms with van der Waals surface area (Å²) in [6.07, 6.45) is 1.18. The maximum atomic E-state index is 12.0. The molecule has 1 spiro atoms. The van der Waals surface area contributed by atoms with Crippen molar-refractivity contribution >= 4 is 23.4 Å². The topological polar surface area (TPSA) is 41.6 Å². The second-order valence-electron chi connectivity index (χ2n) is 6.46. The fraction of sp³-hybridized carbons (Fsp3) is 0.316. The van der Waals surface area contributed by atoms with E-state index in [4.69, 9.17) is 16.3 Å². The van der Waals surface area contributed by atoms with E-state index in [1.807, 2.05) is 18.2 Å². The van der Waals surface area contributed by atoms with Gasteiger partial charge >= 0.3 is 6.09 Å². The standard InChI is InChI=1S/C19H19ClN2O2/c20-15-6-7-17-16(12-15)19(24-18(23)21-17)8-10-22(11-9-19)13-14-4-2-1-3-5-14/h1-7,12H,8-11,13H2,(H,21,23). The third kappa shape index (κ3) is 2.87. The highest BCUT2D eigenvalue weighted by molar-refractivity contribution is 6.30. The van der Waals surface area contributed by atoms with Gasteiger partial charge in [0.05, 0.1) is 5.69 Å². The van der Waals surface area contributed by atoms with Gasteiger partial charge in [-0.2, -0.15) is 0 Å². The number of nitrogens with zero attached hydrogens (tertiary/aromatic N) is 1. The molecule has 1 N–H and O–H groups in total. The van der Waals surface area contributed by atoms with Crippen LogP contribution in [-0.2, 0) is 16.9 Å². The summed E-state index contributed by atoms with van der Waals surface area (Å²) < 4.78 is 5.76. The molecule has 124 valence electrons. The number of piperidine rings is 1. The number of rotatable bonds is 2. The van der Waals surface area contributed by atoms with Gasteiger partial charge in [-0.3, -0.25) is 10.2 Å². The number of hydrogen-bond acceptors (Lipinski definition) is 3. The summed E-state index contributed by atoms with van der Waals surface area (Å²) in [5, 5.41) is 3.44. The van der Waals surface area contributed by atoms with Gasteiger partial charge in [0.1, 0.15) is 5.60 Å². The van der Waals surface area contributed by atoms with E-state index in [-0.39, 0.29) is 6.09 Å². The Bertz CT molecular complexity index is 755. The maximum absolute atomic E-state index is 12.0. The van der Waals surface area contributed by atoms with Gasteiger partial charge in [0.2, 0.25) is 0 Å². The number of hydrogen-bond donors (Lipinski definition) is 1. The van der Waals surface area contributed by atoms with E-state index in [0.29, 0.717) is 5.02 Å². The van der Waals surface area contributed by atoms with Crippen molar-refractivity contribution < 1.29 is 9.53 Å². The summed E-state index contributed by atoms with van der Waals surface area (Å²) in [6.45, 7) is 2.69. The van der Waals surface area contributed by atoms with Crippen LogP contribution in [0.25, 0.3) is 0 Å². The lowest BCUT2D eigenvalue weighted by atomic mass is 9.82. The highest BCUT2D eigenvalue weighted by Gasteiger charge is 2.44. The quantitative estimate of drug-likeness (QED) is 0.879. The number of ether oxygens (including phenoxy) is 1. The average molecular weight is 343 g/mol. The lowest BCUT2D eigenvalue weighted by Crippen LogP contribution is -2.48. The molecule has 2 aromatic carbocycles. The van der Waals surface area contributed by atoms with Crippen molar-refractivity contribution in [2.75, 3.05) is 18.4 Å². The average Bonchev–Trinajstić information content (AvgIpc) is 2.59. The van der Waals surface area contributed by atoms with Crippen molar-refractivity contribution in [1.82, 2.24) is 4.90 Å². The van der Waals surface area contributed by atoms with Crippen LogP contribution < -0.4 is 5.32 Å². The van der Waals surface area contributed by atoms with E-state index < -0.39 is 5.60 Å². The highest BCUT2D eigenvalue weighted by Crippen LogP contribution is 2.44. The summed E-state index contributed by atoms with van der Waals surface area (Å²) in [7, 11) is 0. The number of fused-ring (bicyclic) bond motifs is 2. The van der Waals surface area contributed by atoms with Crippen molar-refractivity contribution in [2.24, 2.45) is 0 Å². The van der Waals surface area contributed by atoms with Gasteiger partial charge < -0.3 is 4.74 Å². The molecule has 0 bridgehead atoms. The van der Waals surface area contributed by atoms with Gasteiger partial charge in [-0.15, -0.1) is 0 Å². The molecule has 2 aromatic rings. The predicted molar refractivity (Wildman–Crippen MR) is 94.2 cm³/mol. The molecule has 5 heteroatoms. The number of carbonyl (C=O) groups excluding carboxylic acids is 1. The predicted octanol–water partition coefficient (Wildman–Crippen LogP) is 4.39. The number of benzene rings is 2. The summed E-state index contributed by atoms with van der Waals surface area (Å²) in [5.74, 6) is 0. The number of halogens is 1. The molecule has 0 saturated carbocycles. The lowest BCUT2D eigenvalue weighted by Gasteiger charge is -2.44. The van der Waals surface area contributed by atoms with Gasteiger partial charge in [-0.05, 0) is 23.8 Å². The Hall–Kier alpha value is -2.04. The summed E-state index contributed by atoms with van der Waals surface area (Å²) in [6, 6.07) is 16.0. The Balaban J connectivity index is 1.54. The van der Waals surface area contributed by atoms with Crippen LogP contribution in [0.3, 0.4) is 0 Å². The van der Waals surface area contributed by atoms with Gasteiger partial charge in [-0.25, -0.2) is 4.79 Å². The molecule has 0 radical (unpaired) electrons. The Labute approximate surface area is 146 Å². The van der Waals surface area contributed by atoms with Crippen molar-refractivity contribution in [2.45, 2.75) is 25.0 Å². The molecule has 0 unspecified atom stereocenters. The van der Waals surface area contributed by atoms with E-state index in [2.05, 4.69) is 34.5 Å². The van der Waals surface area contributed by atoms with E-state index >= 15 is 0 Å². The molecule has 1 saturated heterocycles. The zero-order valence-electron chi connectivity index (χ0n) is 13.3. The molecule has 1 fully saturated rings. The van der Waals surface area contributed by atoms with Crippen molar-refractivity contribution in [3.05, 3.63) is 64.7 Å². The molecule has 24 heavy (non-hydrogen) atoms. The Kier molecular flexibility index (Phi) is 3.94. The first-order valence-corrected chi connectivity index (χ1v) is 8.59. The summed E-state index contributed by atoms with van der Waals surface area (Å²) in [4.78, 5) is 14.4. The molecule has 2 aliphatic heterocycles. The van der Waals surface area contributed by atoms with Gasteiger partial charge in [0.25, 0.3) is 0 Å². The third-order valence-electron chi connectivity index (χ3n) is 4.91. The fourth-order valence-electron chi connectivity index (χ4n) is 3.66. The second-order valence-corrected chi connectivity index (χ2v) is 6.90. The minimum absolute atomic E-state index is 0.374. The first-order chi connectivity index (χ1) is 11.6. The van der Waals surface area contributed by atoms with Gasteiger partial charge in [0, 0.05) is 43.1 Å². The van der Waals surface area contributed by atoms with Crippen LogP contribution in [-0.4, -0.2) is 24.1 Å². The Morgan fingerprint density at radius 3 is 2.62 bits per heavy atom. The molecule has 2 aliphatic rings. The number of nitrogens with one attached hydrogen (secondary N) is 1. The molecule has 2 heterocycles. The molecule has 1 amide bonds. The summed E-state index contributed by atoms with van der Waals surface area (Å²) >= 11 is 6.17.